The first-order valence-electron chi connectivity index (χ1n) is 12.6. The molecule has 2 fully saturated rings. The number of piperidine rings is 1. The molecule has 2 heterocycles. The van der Waals surface area contributed by atoms with Crippen LogP contribution in [0.1, 0.15) is 53.4 Å². The molecule has 2 aliphatic heterocycles. The summed E-state index contributed by atoms with van der Waals surface area (Å²) in [6, 6.07) is -0.197. The quantitative estimate of drug-likeness (QED) is 0.155. The number of rotatable bonds is 11. The molecule has 2 saturated heterocycles. The lowest BCUT2D eigenvalue weighted by Crippen LogP contribution is -2.63. The molecule has 0 saturated carbocycles. The zero-order valence-electron chi connectivity index (χ0n) is 22.4. The lowest BCUT2D eigenvalue weighted by Gasteiger charge is -2.44. The molecule has 2 aliphatic rings. The highest BCUT2D eigenvalue weighted by atomic mass is 32.1. The number of carbonyl (C=O) groups is 5. The highest BCUT2D eigenvalue weighted by molar-refractivity contribution is 7.84. The molecule has 7 atom stereocenters. The van der Waals surface area contributed by atoms with Crippen LogP contribution in [0.4, 0.5) is 4.79 Å². The summed E-state index contributed by atoms with van der Waals surface area (Å²) in [6.07, 6.45) is -3.93. The van der Waals surface area contributed by atoms with E-state index in [1.54, 1.807) is 4.90 Å². The second-order valence-corrected chi connectivity index (χ2v) is 10.0. The number of hydrogen-bond acceptors (Lipinski definition) is 14. The van der Waals surface area contributed by atoms with E-state index in [9.17, 15) is 24.0 Å². The van der Waals surface area contributed by atoms with Gasteiger partial charge in [-0.15, -0.1) is 12.6 Å². The van der Waals surface area contributed by atoms with Crippen LogP contribution in [0, 0.1) is 0 Å². The highest BCUT2D eigenvalue weighted by Gasteiger charge is 2.52. The van der Waals surface area contributed by atoms with Crippen LogP contribution in [0.5, 0.6) is 0 Å². The molecule has 0 aromatic carbocycles. The van der Waals surface area contributed by atoms with E-state index < -0.39 is 66.1 Å². The molecule has 0 radical (unpaired) electrons. The minimum atomic E-state index is -1.32. The SMILES string of the molecule is CC(=O)OC[C@H]1O[C@@H](OCCC2CCCCN2C(=O)OC(S)CS)[C@H](OC(C)=O)[C@@H](OC(C)=O)[C@@H]1OC(C)=O. The van der Waals surface area contributed by atoms with Gasteiger partial charge in [-0.3, -0.25) is 19.2 Å². The van der Waals surface area contributed by atoms with Crippen molar-refractivity contribution in [3.8, 4) is 0 Å². The van der Waals surface area contributed by atoms with E-state index >= 15 is 0 Å². The number of likely N-dealkylation sites (tertiary alicyclic amines) is 1. The van der Waals surface area contributed by atoms with Crippen molar-refractivity contribution in [3.63, 3.8) is 0 Å². The fraction of sp³-hybridized carbons (Fsp3) is 0.792. The van der Waals surface area contributed by atoms with Crippen molar-refractivity contribution >= 4 is 55.2 Å². The second-order valence-electron chi connectivity index (χ2n) is 9.09. The van der Waals surface area contributed by atoms with E-state index in [0.717, 1.165) is 40.0 Å². The Morgan fingerprint density at radius 2 is 1.51 bits per heavy atom. The van der Waals surface area contributed by atoms with Crippen LogP contribution in [0.2, 0.25) is 0 Å². The van der Waals surface area contributed by atoms with Crippen molar-refractivity contribution in [2.75, 3.05) is 25.5 Å². The summed E-state index contributed by atoms with van der Waals surface area (Å²) in [5.41, 5.74) is -0.641. The molecule has 0 bridgehead atoms. The number of thiol groups is 2. The molecule has 0 aliphatic carbocycles. The summed E-state index contributed by atoms with van der Waals surface area (Å²) in [6.45, 7) is 4.84. The molecular weight excluding hydrogens is 558 g/mol. The van der Waals surface area contributed by atoms with E-state index in [1.165, 1.54) is 6.92 Å². The average Bonchev–Trinajstić information content (AvgIpc) is 2.85. The minimum Gasteiger partial charge on any atom is -0.463 e. The van der Waals surface area contributed by atoms with E-state index in [2.05, 4.69) is 25.3 Å². The molecule has 1 amide bonds. The van der Waals surface area contributed by atoms with Crippen LogP contribution in [0.15, 0.2) is 0 Å². The van der Waals surface area contributed by atoms with Crippen molar-refractivity contribution in [1.82, 2.24) is 4.90 Å². The van der Waals surface area contributed by atoms with Gasteiger partial charge < -0.3 is 38.1 Å². The zero-order valence-corrected chi connectivity index (χ0v) is 24.2. The maximum Gasteiger partial charge on any atom is 0.411 e. The number of ether oxygens (including phenoxy) is 7. The molecular formula is C24H37NO12S2. The van der Waals surface area contributed by atoms with Crippen LogP contribution in [-0.2, 0) is 52.3 Å². The lowest BCUT2D eigenvalue weighted by molar-refractivity contribution is -0.308. The van der Waals surface area contributed by atoms with Gasteiger partial charge in [-0.1, -0.05) is 0 Å². The largest absolute Gasteiger partial charge is 0.463 e. The predicted octanol–water partition coefficient (Wildman–Crippen LogP) is 1.65. The Labute approximate surface area is 238 Å². The standard InChI is InChI=1S/C24H37NO12S2/c1-13(26)32-11-18-20(33-14(2)27)21(34-15(3)28)22(35-16(4)29)23(36-18)31-10-8-17-7-5-6-9-25(17)24(30)37-19(39)12-38/h17-23,38-39H,5-12H2,1-4H3/t17?,18-,19?,20-,21+,22-,23-/m1/s1. The average molecular weight is 596 g/mol. The van der Waals surface area contributed by atoms with Crippen LogP contribution in [0.25, 0.3) is 0 Å². The third kappa shape index (κ3) is 10.7. The number of nitrogens with zero attached hydrogens (tertiary/aromatic N) is 1. The van der Waals surface area contributed by atoms with Gasteiger partial charge in [0, 0.05) is 46.0 Å². The van der Waals surface area contributed by atoms with Gasteiger partial charge in [-0.05, 0) is 25.7 Å². The molecule has 2 unspecified atom stereocenters. The number of carbonyl (C=O) groups excluding carboxylic acids is 5. The predicted molar refractivity (Wildman–Crippen MR) is 140 cm³/mol. The van der Waals surface area contributed by atoms with Crippen molar-refractivity contribution < 1.29 is 57.1 Å². The summed E-state index contributed by atoms with van der Waals surface area (Å²) in [5.74, 6) is -2.53. The molecule has 0 aromatic rings. The van der Waals surface area contributed by atoms with Gasteiger partial charge in [0.15, 0.2) is 30.0 Å². The smallest absolute Gasteiger partial charge is 0.411 e. The summed E-state index contributed by atoms with van der Waals surface area (Å²) in [7, 11) is 0. The number of amides is 1. The Kier molecular flexibility index (Phi) is 13.6. The normalized spacial score (nSPS) is 27.6. The van der Waals surface area contributed by atoms with Crippen LogP contribution < -0.4 is 0 Å². The van der Waals surface area contributed by atoms with Crippen molar-refractivity contribution in [2.24, 2.45) is 0 Å². The Morgan fingerprint density at radius 1 is 0.897 bits per heavy atom. The Balaban J connectivity index is 2.22. The number of hydrogen-bond donors (Lipinski definition) is 2. The Hall–Kier alpha value is -2.23. The Morgan fingerprint density at radius 3 is 2.10 bits per heavy atom. The van der Waals surface area contributed by atoms with Gasteiger partial charge in [-0.25, -0.2) is 4.79 Å². The van der Waals surface area contributed by atoms with Gasteiger partial charge in [0.1, 0.15) is 12.7 Å². The van der Waals surface area contributed by atoms with Gasteiger partial charge in [-0.2, -0.15) is 12.6 Å². The maximum absolute atomic E-state index is 12.6. The fourth-order valence-electron chi connectivity index (χ4n) is 4.41. The van der Waals surface area contributed by atoms with Gasteiger partial charge in [0.05, 0.1) is 6.61 Å². The second kappa shape index (κ2) is 16.1. The third-order valence-corrected chi connectivity index (χ3v) is 6.84. The lowest BCUT2D eigenvalue weighted by atomic mass is 9.98. The number of esters is 4. The van der Waals surface area contributed by atoms with Crippen LogP contribution in [0.3, 0.4) is 0 Å². The van der Waals surface area contributed by atoms with Crippen molar-refractivity contribution in [1.29, 1.82) is 0 Å². The Bertz CT molecular complexity index is 874. The summed E-state index contributed by atoms with van der Waals surface area (Å²) >= 11 is 8.25. The maximum atomic E-state index is 12.6. The summed E-state index contributed by atoms with van der Waals surface area (Å²) in [4.78, 5) is 61.4. The summed E-state index contributed by atoms with van der Waals surface area (Å²) < 4.78 is 38.4. The van der Waals surface area contributed by atoms with E-state index in [-0.39, 0.29) is 25.0 Å². The first-order chi connectivity index (χ1) is 18.4. The monoisotopic (exact) mass is 595 g/mol. The summed E-state index contributed by atoms with van der Waals surface area (Å²) in [5, 5.41) is 0. The first-order valence-corrected chi connectivity index (χ1v) is 13.8. The van der Waals surface area contributed by atoms with E-state index in [0.29, 0.717) is 13.0 Å². The molecule has 39 heavy (non-hydrogen) atoms. The molecule has 13 nitrogen and oxygen atoms in total. The van der Waals surface area contributed by atoms with Gasteiger partial charge >= 0.3 is 30.0 Å². The molecule has 0 spiro atoms. The van der Waals surface area contributed by atoms with E-state index in [1.807, 2.05) is 0 Å². The minimum absolute atomic E-state index is 0.0546. The van der Waals surface area contributed by atoms with Crippen LogP contribution in [-0.4, -0.2) is 103 Å². The molecule has 15 heteroatoms. The first kappa shape index (κ1) is 33.0. The molecule has 0 aromatic heterocycles. The van der Waals surface area contributed by atoms with Crippen molar-refractivity contribution in [2.45, 2.75) is 95.6 Å². The fourth-order valence-corrected chi connectivity index (χ4v) is 4.57. The molecule has 0 N–H and O–H groups in total. The topological polar surface area (TPSA) is 153 Å². The molecule has 2 rings (SSSR count). The van der Waals surface area contributed by atoms with E-state index in [4.69, 9.17) is 33.2 Å². The van der Waals surface area contributed by atoms with Gasteiger partial charge in [0.25, 0.3) is 0 Å². The zero-order chi connectivity index (χ0) is 29.1. The highest BCUT2D eigenvalue weighted by Crippen LogP contribution is 2.30. The third-order valence-electron chi connectivity index (χ3n) is 5.94. The molecule has 222 valence electrons. The van der Waals surface area contributed by atoms with Crippen LogP contribution >= 0.6 is 25.3 Å². The van der Waals surface area contributed by atoms with Crippen molar-refractivity contribution in [3.05, 3.63) is 0 Å². The van der Waals surface area contributed by atoms with Gasteiger partial charge in [0.2, 0.25) is 0 Å².